The van der Waals surface area contributed by atoms with E-state index in [4.69, 9.17) is 21.1 Å². The van der Waals surface area contributed by atoms with E-state index in [-0.39, 0.29) is 29.5 Å². The Morgan fingerprint density at radius 1 is 1.11 bits per heavy atom. The molecule has 1 atom stereocenters. The molecule has 2 aromatic carbocycles. The highest BCUT2D eigenvalue weighted by atomic mass is 35.5. The second-order valence-electron chi connectivity index (χ2n) is 8.27. The first kappa shape index (κ1) is 28.0. The summed E-state index contributed by atoms with van der Waals surface area (Å²) in [5.74, 6) is 0.153. The molecule has 10 nitrogen and oxygen atoms in total. The molecule has 0 bridgehead atoms. The fourth-order valence-electron chi connectivity index (χ4n) is 3.89. The number of halogens is 1. The molecule has 0 radical (unpaired) electrons. The van der Waals surface area contributed by atoms with Gasteiger partial charge in [0.2, 0.25) is 26.0 Å². The van der Waals surface area contributed by atoms with Crippen LogP contribution < -0.4 is 19.1 Å². The monoisotopic (exact) mass is 559 g/mol. The molecule has 198 valence electrons. The van der Waals surface area contributed by atoms with Gasteiger partial charge in [-0.15, -0.1) is 0 Å². The lowest BCUT2D eigenvalue weighted by atomic mass is 10.2. The Hall–Kier alpha value is -2.54. The average molecular weight is 560 g/mol. The van der Waals surface area contributed by atoms with Crippen LogP contribution in [0.3, 0.4) is 0 Å². The Morgan fingerprint density at radius 3 is 2.33 bits per heavy atom. The first-order valence-electron chi connectivity index (χ1n) is 11.3. The van der Waals surface area contributed by atoms with Gasteiger partial charge in [-0.3, -0.25) is 9.10 Å². The van der Waals surface area contributed by atoms with Crippen LogP contribution in [0.1, 0.15) is 19.8 Å². The second kappa shape index (κ2) is 11.7. The van der Waals surface area contributed by atoms with Crippen molar-refractivity contribution in [3.8, 4) is 11.5 Å². The van der Waals surface area contributed by atoms with Gasteiger partial charge in [0.15, 0.2) is 0 Å². The topological polar surface area (TPSA) is 122 Å². The van der Waals surface area contributed by atoms with E-state index in [1.54, 1.807) is 18.2 Å². The lowest BCUT2D eigenvalue weighted by Gasteiger charge is -2.29. The van der Waals surface area contributed by atoms with Gasteiger partial charge in [0.25, 0.3) is 0 Å². The molecule has 0 spiro atoms. The first-order valence-corrected chi connectivity index (χ1v) is 15.0. The van der Waals surface area contributed by atoms with Gasteiger partial charge in [-0.25, -0.2) is 16.8 Å². The summed E-state index contributed by atoms with van der Waals surface area (Å²) in [5.41, 5.74) is 0.148. The normalized spacial score (nSPS) is 15.3. The first-order chi connectivity index (χ1) is 16.9. The van der Waals surface area contributed by atoms with Crippen molar-refractivity contribution < 1.29 is 31.1 Å². The van der Waals surface area contributed by atoms with Crippen molar-refractivity contribution in [1.82, 2.24) is 9.62 Å². The fourth-order valence-corrected chi connectivity index (χ4v) is 6.75. The number of sulfonamides is 2. The van der Waals surface area contributed by atoms with Crippen LogP contribution in [0.25, 0.3) is 0 Å². The molecule has 0 saturated carbocycles. The molecule has 1 heterocycles. The summed E-state index contributed by atoms with van der Waals surface area (Å²) in [5, 5.41) is 2.94. The third-order valence-corrected chi connectivity index (χ3v) is 9.04. The third-order valence-electron chi connectivity index (χ3n) is 5.66. The summed E-state index contributed by atoms with van der Waals surface area (Å²) >= 11 is 6.05. The maximum Gasteiger partial charge on any atom is 0.243 e. The largest absolute Gasteiger partial charge is 0.495 e. The lowest BCUT2D eigenvalue weighted by molar-refractivity contribution is -0.121. The zero-order valence-electron chi connectivity index (χ0n) is 20.3. The number of anilines is 1. The standard InChI is InChI=1S/C23H30ClN3O7S2/c1-17(27(35(3,29)30)21-16-18(24)6-11-22(21)33-2)23(28)25-12-15-34-19-7-9-20(10-8-19)36(31,32)26-13-4-5-14-26/h6-11,16-17H,4-5,12-15H2,1-3H3,(H,25,28). The van der Waals surface area contributed by atoms with Crippen molar-refractivity contribution >= 4 is 43.2 Å². The molecule has 1 aliphatic rings. The molecule has 1 fully saturated rings. The minimum Gasteiger partial charge on any atom is -0.495 e. The third kappa shape index (κ3) is 6.61. The van der Waals surface area contributed by atoms with E-state index in [9.17, 15) is 21.6 Å². The number of carbonyl (C=O) groups is 1. The summed E-state index contributed by atoms with van der Waals surface area (Å²) in [7, 11) is -5.97. The molecule has 0 aromatic heterocycles. The van der Waals surface area contributed by atoms with Crippen LogP contribution in [-0.4, -0.2) is 72.7 Å². The molecule has 1 saturated heterocycles. The van der Waals surface area contributed by atoms with Crippen molar-refractivity contribution in [3.63, 3.8) is 0 Å². The number of carbonyl (C=O) groups excluding carboxylic acids is 1. The average Bonchev–Trinajstić information content (AvgIpc) is 3.37. The highest BCUT2D eigenvalue weighted by Gasteiger charge is 2.31. The molecule has 0 aliphatic carbocycles. The van der Waals surface area contributed by atoms with E-state index in [0.29, 0.717) is 23.9 Å². The Labute approximate surface area is 217 Å². The van der Waals surface area contributed by atoms with Gasteiger partial charge in [-0.05, 0) is 62.2 Å². The summed E-state index contributed by atoms with van der Waals surface area (Å²) < 4.78 is 63.6. The molecule has 36 heavy (non-hydrogen) atoms. The molecule has 3 rings (SSSR count). The number of methoxy groups -OCH3 is 1. The predicted molar refractivity (Wildman–Crippen MR) is 138 cm³/mol. The van der Waals surface area contributed by atoms with Gasteiger partial charge in [0.05, 0.1) is 30.5 Å². The Kier molecular flexibility index (Phi) is 9.09. The molecule has 1 N–H and O–H groups in total. The summed E-state index contributed by atoms with van der Waals surface area (Å²) in [4.78, 5) is 13.0. The summed E-state index contributed by atoms with van der Waals surface area (Å²) in [6.45, 7) is 2.70. The molecule has 1 aliphatic heterocycles. The summed E-state index contributed by atoms with van der Waals surface area (Å²) in [6.07, 6.45) is 2.71. The number of hydrogen-bond acceptors (Lipinski definition) is 7. The van der Waals surface area contributed by atoms with Crippen LogP contribution in [0.2, 0.25) is 5.02 Å². The molecule has 1 amide bonds. The zero-order valence-corrected chi connectivity index (χ0v) is 22.7. The Balaban J connectivity index is 1.59. The molecule has 1 unspecified atom stereocenters. The molecular formula is C23H30ClN3O7S2. The predicted octanol–water partition coefficient (Wildman–Crippen LogP) is 2.48. The minimum atomic E-state index is -3.86. The number of ether oxygens (including phenoxy) is 2. The van der Waals surface area contributed by atoms with Crippen molar-refractivity contribution in [2.45, 2.75) is 30.7 Å². The number of rotatable bonds is 11. The van der Waals surface area contributed by atoms with Gasteiger partial charge >= 0.3 is 0 Å². The van der Waals surface area contributed by atoms with Crippen LogP contribution in [0.15, 0.2) is 47.4 Å². The van der Waals surface area contributed by atoms with Gasteiger partial charge in [0.1, 0.15) is 24.1 Å². The van der Waals surface area contributed by atoms with E-state index >= 15 is 0 Å². The number of nitrogens with one attached hydrogen (secondary N) is 1. The fraction of sp³-hybridized carbons (Fsp3) is 0.435. The molecular weight excluding hydrogens is 530 g/mol. The maximum absolute atomic E-state index is 12.8. The quantitative estimate of drug-likeness (QED) is 0.420. The Bertz CT molecular complexity index is 1280. The van der Waals surface area contributed by atoms with E-state index < -0.39 is 32.0 Å². The number of nitrogens with zero attached hydrogens (tertiary/aromatic N) is 2. The number of hydrogen-bond donors (Lipinski definition) is 1. The van der Waals surface area contributed by atoms with Gasteiger partial charge < -0.3 is 14.8 Å². The van der Waals surface area contributed by atoms with Gasteiger partial charge in [0, 0.05) is 18.1 Å². The van der Waals surface area contributed by atoms with Crippen molar-refractivity contribution in [2.24, 2.45) is 0 Å². The van der Waals surface area contributed by atoms with E-state index in [1.807, 2.05) is 0 Å². The maximum atomic E-state index is 12.8. The van der Waals surface area contributed by atoms with Crippen LogP contribution >= 0.6 is 11.6 Å². The summed E-state index contributed by atoms with van der Waals surface area (Å²) in [6, 6.07) is 9.51. The highest BCUT2D eigenvalue weighted by Crippen LogP contribution is 2.34. The smallest absolute Gasteiger partial charge is 0.243 e. The second-order valence-corrected chi connectivity index (χ2v) is 12.5. The van der Waals surface area contributed by atoms with E-state index in [0.717, 1.165) is 23.4 Å². The van der Waals surface area contributed by atoms with Gasteiger partial charge in [-0.1, -0.05) is 11.6 Å². The van der Waals surface area contributed by atoms with Crippen LogP contribution in [0, 0.1) is 0 Å². The van der Waals surface area contributed by atoms with Crippen molar-refractivity contribution in [1.29, 1.82) is 0 Å². The zero-order chi connectivity index (χ0) is 26.5. The van der Waals surface area contributed by atoms with Crippen LogP contribution in [0.5, 0.6) is 11.5 Å². The Morgan fingerprint density at radius 2 is 1.75 bits per heavy atom. The van der Waals surface area contributed by atoms with Crippen molar-refractivity contribution in [2.75, 3.05) is 43.9 Å². The number of benzene rings is 2. The SMILES string of the molecule is COc1ccc(Cl)cc1N(C(C)C(=O)NCCOc1ccc(S(=O)(=O)N2CCCC2)cc1)S(C)(=O)=O. The van der Waals surface area contributed by atoms with E-state index in [2.05, 4.69) is 5.32 Å². The van der Waals surface area contributed by atoms with Gasteiger partial charge in [-0.2, -0.15) is 4.31 Å². The van der Waals surface area contributed by atoms with Crippen LogP contribution in [0.4, 0.5) is 5.69 Å². The molecule has 2 aromatic rings. The van der Waals surface area contributed by atoms with Crippen molar-refractivity contribution in [3.05, 3.63) is 47.5 Å². The highest BCUT2D eigenvalue weighted by molar-refractivity contribution is 7.92. The minimum absolute atomic E-state index is 0.0933. The lowest BCUT2D eigenvalue weighted by Crippen LogP contribution is -2.48. The van der Waals surface area contributed by atoms with E-state index in [1.165, 1.54) is 42.6 Å². The number of amides is 1. The van der Waals surface area contributed by atoms with Crippen LogP contribution in [-0.2, 0) is 24.8 Å². The molecule has 13 heteroatoms.